The number of hydrogen-bond acceptors (Lipinski definition) is 2. The highest BCUT2D eigenvalue weighted by Gasteiger charge is 2.17. The second kappa shape index (κ2) is 5.65. The van der Waals surface area contributed by atoms with Crippen LogP contribution in [-0.2, 0) is 5.88 Å². The molecule has 0 fully saturated rings. The van der Waals surface area contributed by atoms with Crippen LogP contribution in [0.5, 0.6) is 0 Å². The van der Waals surface area contributed by atoms with E-state index in [1.54, 1.807) is 17.1 Å². The molecule has 1 aromatic carbocycles. The molecule has 3 nitrogen and oxygen atoms in total. The van der Waals surface area contributed by atoms with Gasteiger partial charge in [-0.3, -0.25) is 4.98 Å². The lowest BCUT2D eigenvalue weighted by Gasteiger charge is -2.01. The number of hydrogen-bond donors (Lipinski definition) is 0. The monoisotopic (exact) mass is 303 g/mol. The maximum absolute atomic E-state index is 6.41. The molecule has 0 bridgehead atoms. The van der Waals surface area contributed by atoms with Crippen molar-refractivity contribution >= 4 is 23.2 Å². The van der Waals surface area contributed by atoms with E-state index in [1.807, 2.05) is 42.5 Å². The first kappa shape index (κ1) is 13.2. The summed E-state index contributed by atoms with van der Waals surface area (Å²) in [7, 11) is 0. The summed E-state index contributed by atoms with van der Waals surface area (Å²) in [6.45, 7) is 0. The lowest BCUT2D eigenvalue weighted by molar-refractivity contribution is 0.881. The van der Waals surface area contributed by atoms with Gasteiger partial charge in [0.1, 0.15) is 5.15 Å². The van der Waals surface area contributed by atoms with Crippen molar-refractivity contribution in [2.24, 2.45) is 0 Å². The zero-order valence-electron chi connectivity index (χ0n) is 10.5. The number of pyridine rings is 1. The van der Waals surface area contributed by atoms with Crippen LogP contribution in [0.4, 0.5) is 0 Å². The van der Waals surface area contributed by atoms with Crippen molar-refractivity contribution in [3.05, 3.63) is 65.6 Å². The van der Waals surface area contributed by atoms with Gasteiger partial charge in [-0.25, -0.2) is 4.68 Å². The summed E-state index contributed by atoms with van der Waals surface area (Å²) in [4.78, 5) is 4.00. The van der Waals surface area contributed by atoms with Crippen molar-refractivity contribution < 1.29 is 0 Å². The summed E-state index contributed by atoms with van der Waals surface area (Å²) in [5.41, 5.74) is 3.50. The molecule has 0 unspecified atom stereocenters. The molecule has 2 aromatic heterocycles. The van der Waals surface area contributed by atoms with Crippen LogP contribution in [0.25, 0.3) is 16.9 Å². The molecule has 0 aliphatic heterocycles. The van der Waals surface area contributed by atoms with E-state index in [0.29, 0.717) is 11.0 Å². The number of halogens is 2. The van der Waals surface area contributed by atoms with Crippen LogP contribution < -0.4 is 0 Å². The van der Waals surface area contributed by atoms with E-state index in [9.17, 15) is 0 Å². The molecule has 3 aromatic rings. The Labute approximate surface area is 126 Å². The van der Waals surface area contributed by atoms with Gasteiger partial charge in [0.05, 0.1) is 17.3 Å². The highest BCUT2D eigenvalue weighted by molar-refractivity contribution is 6.32. The summed E-state index contributed by atoms with van der Waals surface area (Å²) in [5.74, 6) is 0.314. The standard InChI is InChI=1S/C15H11Cl2N3/c16-10-13-14(11-4-2-1-3-5-11)19-20(15(13)17)12-6-8-18-9-7-12/h1-9H,10H2. The fourth-order valence-electron chi connectivity index (χ4n) is 2.03. The quantitative estimate of drug-likeness (QED) is 0.674. The predicted molar refractivity (Wildman–Crippen MR) is 81.4 cm³/mol. The second-order valence-electron chi connectivity index (χ2n) is 4.23. The number of alkyl halides is 1. The van der Waals surface area contributed by atoms with Gasteiger partial charge in [0.15, 0.2) is 0 Å². The van der Waals surface area contributed by atoms with Crippen molar-refractivity contribution in [1.82, 2.24) is 14.8 Å². The van der Waals surface area contributed by atoms with Crippen molar-refractivity contribution in [1.29, 1.82) is 0 Å². The average Bonchev–Trinajstić information content (AvgIpc) is 2.86. The summed E-state index contributed by atoms with van der Waals surface area (Å²) in [5, 5.41) is 5.13. The number of benzene rings is 1. The predicted octanol–water partition coefficient (Wildman–Crippen LogP) is 4.33. The maximum atomic E-state index is 6.41. The highest BCUT2D eigenvalue weighted by atomic mass is 35.5. The molecule has 0 N–H and O–H groups in total. The lowest BCUT2D eigenvalue weighted by Crippen LogP contribution is -1.96. The Hall–Kier alpha value is -1.84. The van der Waals surface area contributed by atoms with Crippen LogP contribution in [0.1, 0.15) is 5.56 Å². The third-order valence-corrected chi connectivity index (χ3v) is 3.66. The Bertz CT molecular complexity index is 709. The second-order valence-corrected chi connectivity index (χ2v) is 4.86. The van der Waals surface area contributed by atoms with Gasteiger partial charge in [0.25, 0.3) is 0 Å². The van der Waals surface area contributed by atoms with Gasteiger partial charge >= 0.3 is 0 Å². The third-order valence-electron chi connectivity index (χ3n) is 3.01. The Balaban J connectivity index is 2.18. The van der Waals surface area contributed by atoms with Gasteiger partial charge in [-0.15, -0.1) is 11.6 Å². The normalized spacial score (nSPS) is 10.7. The summed E-state index contributed by atoms with van der Waals surface area (Å²) < 4.78 is 1.68. The minimum atomic E-state index is 0.314. The van der Waals surface area contributed by atoms with Gasteiger partial charge in [-0.1, -0.05) is 41.9 Å². The van der Waals surface area contributed by atoms with Crippen molar-refractivity contribution in [2.45, 2.75) is 5.88 Å². The van der Waals surface area contributed by atoms with E-state index in [0.717, 1.165) is 22.5 Å². The highest BCUT2D eigenvalue weighted by Crippen LogP contribution is 2.31. The first-order valence-electron chi connectivity index (χ1n) is 6.10. The van der Waals surface area contributed by atoms with E-state index < -0.39 is 0 Å². The molecule has 5 heteroatoms. The van der Waals surface area contributed by atoms with Crippen molar-refractivity contribution in [2.75, 3.05) is 0 Å². The minimum Gasteiger partial charge on any atom is -0.265 e. The van der Waals surface area contributed by atoms with Crippen LogP contribution in [0.3, 0.4) is 0 Å². The zero-order valence-corrected chi connectivity index (χ0v) is 12.0. The van der Waals surface area contributed by atoms with Crippen LogP contribution in [0.15, 0.2) is 54.9 Å². The zero-order chi connectivity index (χ0) is 13.9. The summed E-state index contributed by atoms with van der Waals surface area (Å²) in [6.07, 6.45) is 3.41. The number of rotatable bonds is 3. The van der Waals surface area contributed by atoms with Gasteiger partial charge < -0.3 is 0 Å². The molecular weight excluding hydrogens is 293 g/mol. The number of aromatic nitrogens is 3. The molecule has 0 amide bonds. The van der Waals surface area contributed by atoms with E-state index in [-0.39, 0.29) is 0 Å². The van der Waals surface area contributed by atoms with Crippen molar-refractivity contribution in [3.8, 4) is 16.9 Å². The molecule has 0 radical (unpaired) electrons. The van der Waals surface area contributed by atoms with Crippen LogP contribution in [0.2, 0.25) is 5.15 Å². The molecule has 0 spiro atoms. The van der Waals surface area contributed by atoms with Crippen LogP contribution in [0, 0.1) is 0 Å². The fourth-order valence-corrected chi connectivity index (χ4v) is 2.65. The van der Waals surface area contributed by atoms with Crippen molar-refractivity contribution in [3.63, 3.8) is 0 Å². The topological polar surface area (TPSA) is 30.7 Å². The molecule has 0 aliphatic carbocycles. The minimum absolute atomic E-state index is 0.314. The molecule has 0 saturated carbocycles. The van der Waals surface area contributed by atoms with E-state index >= 15 is 0 Å². The maximum Gasteiger partial charge on any atom is 0.137 e. The summed E-state index contributed by atoms with van der Waals surface area (Å²) >= 11 is 12.4. The van der Waals surface area contributed by atoms with Crippen LogP contribution in [-0.4, -0.2) is 14.8 Å². The molecule has 0 atom stereocenters. The molecule has 0 saturated heterocycles. The molecule has 0 aliphatic rings. The lowest BCUT2D eigenvalue weighted by atomic mass is 10.1. The largest absolute Gasteiger partial charge is 0.265 e. The molecular formula is C15H11Cl2N3. The Kier molecular flexibility index (Phi) is 3.72. The SMILES string of the molecule is ClCc1c(-c2ccccc2)nn(-c2ccncc2)c1Cl. The third kappa shape index (κ3) is 2.30. The first-order chi connectivity index (χ1) is 9.81. The first-order valence-corrected chi connectivity index (χ1v) is 7.01. The van der Waals surface area contributed by atoms with Gasteiger partial charge in [0, 0.05) is 23.5 Å². The van der Waals surface area contributed by atoms with Gasteiger partial charge in [0.2, 0.25) is 0 Å². The Morgan fingerprint density at radius 3 is 2.35 bits per heavy atom. The van der Waals surface area contributed by atoms with E-state index in [4.69, 9.17) is 23.2 Å². The number of nitrogens with zero attached hydrogens (tertiary/aromatic N) is 3. The Morgan fingerprint density at radius 2 is 1.70 bits per heavy atom. The molecule has 2 heterocycles. The molecule has 20 heavy (non-hydrogen) atoms. The van der Waals surface area contributed by atoms with Gasteiger partial charge in [-0.05, 0) is 12.1 Å². The smallest absolute Gasteiger partial charge is 0.137 e. The van der Waals surface area contributed by atoms with Gasteiger partial charge in [-0.2, -0.15) is 5.10 Å². The fraction of sp³-hybridized carbons (Fsp3) is 0.0667. The summed E-state index contributed by atoms with van der Waals surface area (Å²) in [6, 6.07) is 13.6. The van der Waals surface area contributed by atoms with E-state index in [2.05, 4.69) is 10.1 Å². The average molecular weight is 304 g/mol. The Morgan fingerprint density at radius 1 is 1.00 bits per heavy atom. The van der Waals surface area contributed by atoms with E-state index in [1.165, 1.54) is 0 Å². The molecule has 3 rings (SSSR count). The van der Waals surface area contributed by atoms with Crippen LogP contribution >= 0.6 is 23.2 Å². The molecule has 100 valence electrons.